The molecule has 3 aromatic carbocycles. The van der Waals surface area contributed by atoms with E-state index in [-0.39, 0.29) is 18.1 Å². The molecule has 31 heavy (non-hydrogen) atoms. The van der Waals surface area contributed by atoms with E-state index < -0.39 is 11.5 Å². The molecule has 0 aliphatic carbocycles. The van der Waals surface area contributed by atoms with Gasteiger partial charge < -0.3 is 11.1 Å². The molecule has 3 aromatic rings. The predicted molar refractivity (Wildman–Crippen MR) is 123 cm³/mol. The molecule has 156 valence electrons. The number of nitrogens with two attached hydrogens (primary N) is 1. The summed E-state index contributed by atoms with van der Waals surface area (Å²) in [5.41, 5.74) is 8.01. The number of ketones is 1. The molecule has 4 rings (SSSR count). The van der Waals surface area contributed by atoms with Gasteiger partial charge in [-0.15, -0.1) is 0 Å². The summed E-state index contributed by atoms with van der Waals surface area (Å²) in [6, 6.07) is 26.4. The van der Waals surface area contributed by atoms with Crippen LogP contribution in [0.1, 0.15) is 30.0 Å². The van der Waals surface area contributed by atoms with E-state index in [2.05, 4.69) is 5.32 Å². The molecule has 5 heteroatoms. The number of aliphatic imine (C=N–C) groups is 1. The fourth-order valence-electron chi connectivity index (χ4n) is 4.18. The minimum Gasteiger partial charge on any atom is -0.387 e. The number of amides is 1. The summed E-state index contributed by atoms with van der Waals surface area (Å²) >= 11 is 0. The zero-order valence-electron chi connectivity index (χ0n) is 17.4. The van der Waals surface area contributed by atoms with Crippen LogP contribution in [0.2, 0.25) is 0 Å². The van der Waals surface area contributed by atoms with Crippen LogP contribution in [0.3, 0.4) is 0 Å². The van der Waals surface area contributed by atoms with E-state index in [4.69, 9.17) is 10.7 Å². The number of hydrogen-bond acceptors (Lipinski definition) is 4. The van der Waals surface area contributed by atoms with Crippen LogP contribution in [0.4, 0.5) is 5.69 Å². The Morgan fingerprint density at radius 1 is 0.968 bits per heavy atom. The number of hydrogen-bond donors (Lipinski definition) is 2. The molecular formula is C26H25N3O2. The van der Waals surface area contributed by atoms with Crippen LogP contribution >= 0.6 is 0 Å². The molecule has 0 bridgehead atoms. The lowest BCUT2D eigenvalue weighted by atomic mass is 9.77. The maximum absolute atomic E-state index is 13.6. The molecule has 2 unspecified atom stereocenters. The van der Waals surface area contributed by atoms with Gasteiger partial charge >= 0.3 is 0 Å². The second-order valence-corrected chi connectivity index (χ2v) is 7.73. The first-order chi connectivity index (χ1) is 15.0. The third-order valence-corrected chi connectivity index (χ3v) is 5.70. The van der Waals surface area contributed by atoms with Gasteiger partial charge in [-0.25, -0.2) is 4.99 Å². The summed E-state index contributed by atoms with van der Waals surface area (Å²) in [7, 11) is 0. The maximum atomic E-state index is 13.6. The smallest absolute Gasteiger partial charge is 0.228 e. The Labute approximate surface area is 182 Å². The Kier molecular flexibility index (Phi) is 5.67. The van der Waals surface area contributed by atoms with E-state index in [9.17, 15) is 9.59 Å². The lowest BCUT2D eigenvalue weighted by Crippen LogP contribution is -2.36. The average Bonchev–Trinajstić information content (AvgIpc) is 3.05. The van der Waals surface area contributed by atoms with Crippen molar-refractivity contribution in [2.24, 2.45) is 16.6 Å². The fourth-order valence-corrected chi connectivity index (χ4v) is 4.18. The molecule has 0 saturated carbocycles. The van der Waals surface area contributed by atoms with Gasteiger partial charge in [0, 0.05) is 5.69 Å². The summed E-state index contributed by atoms with van der Waals surface area (Å²) < 4.78 is 0. The monoisotopic (exact) mass is 411 g/mol. The van der Waals surface area contributed by atoms with Crippen LogP contribution in [0.25, 0.3) is 0 Å². The molecule has 0 radical (unpaired) electrons. The average molecular weight is 412 g/mol. The molecule has 0 fully saturated rings. The van der Waals surface area contributed by atoms with Gasteiger partial charge in [0.05, 0.1) is 12.3 Å². The van der Waals surface area contributed by atoms with Gasteiger partial charge in [0.1, 0.15) is 5.84 Å². The quantitative estimate of drug-likeness (QED) is 0.641. The number of Topliss-reactive ketones (excluding diaryl/α,β-unsaturated/α-hetero) is 1. The number of amidine groups is 1. The number of nitrogens with one attached hydrogen (secondary N) is 1. The Balaban J connectivity index is 1.70. The SMILES string of the molecule is CCC1C(=O)C(c2ccccc2)(c2cccc(NC(=O)Cc3ccccc3)c2)N=C1N. The van der Waals surface area contributed by atoms with Crippen molar-refractivity contribution >= 4 is 23.2 Å². The zero-order chi connectivity index (χ0) is 21.8. The Morgan fingerprint density at radius 3 is 2.26 bits per heavy atom. The minimum atomic E-state index is -1.20. The Hall–Kier alpha value is -3.73. The number of benzene rings is 3. The van der Waals surface area contributed by atoms with E-state index in [0.29, 0.717) is 23.5 Å². The molecule has 1 aliphatic rings. The number of anilines is 1. The van der Waals surface area contributed by atoms with Crippen molar-refractivity contribution in [3.63, 3.8) is 0 Å². The van der Waals surface area contributed by atoms with Gasteiger partial charge in [-0.05, 0) is 35.2 Å². The minimum absolute atomic E-state index is 0.0357. The fraction of sp³-hybridized carbons (Fsp3) is 0.192. The molecule has 0 saturated heterocycles. The molecule has 2 atom stereocenters. The van der Waals surface area contributed by atoms with Crippen molar-refractivity contribution in [2.75, 3.05) is 5.32 Å². The van der Waals surface area contributed by atoms with Gasteiger partial charge in [0.2, 0.25) is 5.91 Å². The highest BCUT2D eigenvalue weighted by atomic mass is 16.1. The van der Waals surface area contributed by atoms with Crippen molar-refractivity contribution in [1.29, 1.82) is 0 Å². The number of rotatable bonds is 6. The summed E-state index contributed by atoms with van der Waals surface area (Å²) in [5.74, 6) is -0.220. The molecule has 5 nitrogen and oxygen atoms in total. The van der Waals surface area contributed by atoms with Crippen molar-refractivity contribution in [1.82, 2.24) is 0 Å². The van der Waals surface area contributed by atoms with Crippen LogP contribution in [0.15, 0.2) is 89.9 Å². The first-order valence-corrected chi connectivity index (χ1v) is 10.4. The molecule has 1 aliphatic heterocycles. The number of nitrogens with zero attached hydrogens (tertiary/aromatic N) is 1. The highest BCUT2D eigenvalue weighted by Crippen LogP contribution is 2.42. The molecule has 0 spiro atoms. The first-order valence-electron chi connectivity index (χ1n) is 10.4. The molecule has 3 N–H and O–H groups in total. The van der Waals surface area contributed by atoms with E-state index in [0.717, 1.165) is 11.1 Å². The van der Waals surface area contributed by atoms with Crippen LogP contribution in [0.5, 0.6) is 0 Å². The summed E-state index contributed by atoms with van der Waals surface area (Å²) in [6.07, 6.45) is 0.868. The van der Waals surface area contributed by atoms with Crippen molar-refractivity contribution in [2.45, 2.75) is 25.3 Å². The third-order valence-electron chi connectivity index (χ3n) is 5.70. The summed E-state index contributed by atoms with van der Waals surface area (Å²) in [5, 5.41) is 2.94. The maximum Gasteiger partial charge on any atom is 0.228 e. The largest absolute Gasteiger partial charge is 0.387 e. The standard InChI is InChI=1S/C26H25N3O2/c1-2-22-24(31)26(29-25(22)27,19-12-7-4-8-13-19)20-14-9-15-21(17-20)28-23(30)16-18-10-5-3-6-11-18/h3-15,17,22H,2,16H2,1H3,(H2,27,29)(H,28,30). The van der Waals surface area contributed by atoms with Gasteiger partial charge in [-0.1, -0.05) is 79.7 Å². The van der Waals surface area contributed by atoms with E-state index >= 15 is 0 Å². The Morgan fingerprint density at radius 2 is 1.61 bits per heavy atom. The number of carbonyl (C=O) groups is 2. The van der Waals surface area contributed by atoms with Crippen molar-refractivity contribution in [3.8, 4) is 0 Å². The summed E-state index contributed by atoms with van der Waals surface area (Å²) in [4.78, 5) is 30.8. The van der Waals surface area contributed by atoms with Crippen LogP contribution < -0.4 is 11.1 Å². The molecule has 1 amide bonds. The van der Waals surface area contributed by atoms with E-state index in [1.165, 1.54) is 0 Å². The van der Waals surface area contributed by atoms with Gasteiger partial charge in [0.25, 0.3) is 0 Å². The van der Waals surface area contributed by atoms with Crippen molar-refractivity contribution in [3.05, 3.63) is 102 Å². The summed E-state index contributed by atoms with van der Waals surface area (Å²) in [6.45, 7) is 1.94. The molecule has 1 heterocycles. The Bertz CT molecular complexity index is 1130. The van der Waals surface area contributed by atoms with Crippen molar-refractivity contribution < 1.29 is 9.59 Å². The zero-order valence-corrected chi connectivity index (χ0v) is 17.4. The third kappa shape index (κ3) is 3.87. The second-order valence-electron chi connectivity index (χ2n) is 7.73. The molecule has 0 aromatic heterocycles. The predicted octanol–water partition coefficient (Wildman–Crippen LogP) is 4.08. The first kappa shape index (κ1) is 20.5. The van der Waals surface area contributed by atoms with Crippen LogP contribution in [0, 0.1) is 5.92 Å². The number of carbonyl (C=O) groups excluding carboxylic acids is 2. The van der Waals surface area contributed by atoms with Gasteiger partial charge in [0.15, 0.2) is 11.3 Å². The second kappa shape index (κ2) is 8.56. The lowest BCUT2D eigenvalue weighted by molar-refractivity contribution is -0.124. The highest BCUT2D eigenvalue weighted by Gasteiger charge is 2.50. The normalized spacial score (nSPS) is 20.4. The van der Waals surface area contributed by atoms with E-state index in [1.54, 1.807) is 0 Å². The lowest BCUT2D eigenvalue weighted by Gasteiger charge is -2.27. The molecular weight excluding hydrogens is 386 g/mol. The highest BCUT2D eigenvalue weighted by molar-refractivity contribution is 6.14. The van der Waals surface area contributed by atoms with Crippen LogP contribution in [-0.2, 0) is 21.5 Å². The van der Waals surface area contributed by atoms with Gasteiger partial charge in [-0.3, -0.25) is 9.59 Å². The van der Waals surface area contributed by atoms with Gasteiger partial charge in [-0.2, -0.15) is 0 Å². The van der Waals surface area contributed by atoms with Crippen LogP contribution in [-0.4, -0.2) is 17.5 Å². The topological polar surface area (TPSA) is 84.5 Å². The van der Waals surface area contributed by atoms with E-state index in [1.807, 2.05) is 91.9 Å².